The van der Waals surface area contributed by atoms with E-state index >= 15 is 0 Å². The van der Waals surface area contributed by atoms with Crippen LogP contribution in [0, 0.1) is 18.8 Å². The summed E-state index contributed by atoms with van der Waals surface area (Å²) in [5.41, 5.74) is 2.59. The molecule has 0 N–H and O–H groups in total. The van der Waals surface area contributed by atoms with Gasteiger partial charge in [0.2, 0.25) is 5.91 Å². The van der Waals surface area contributed by atoms with Crippen molar-refractivity contribution >= 4 is 5.91 Å². The van der Waals surface area contributed by atoms with Crippen LogP contribution in [0.2, 0.25) is 0 Å². The molecule has 5 nitrogen and oxygen atoms in total. The lowest BCUT2D eigenvalue weighted by Gasteiger charge is -2.36. The maximum Gasteiger partial charge on any atom is 0.225 e. The zero-order valence-corrected chi connectivity index (χ0v) is 16.3. The summed E-state index contributed by atoms with van der Waals surface area (Å²) < 4.78 is 11.5. The minimum Gasteiger partial charge on any atom is -0.486 e. The lowest BCUT2D eigenvalue weighted by molar-refractivity contribution is -0.138. The van der Waals surface area contributed by atoms with Crippen LogP contribution in [0.15, 0.2) is 12.1 Å². The van der Waals surface area contributed by atoms with Gasteiger partial charge in [0.15, 0.2) is 11.5 Å². The van der Waals surface area contributed by atoms with Gasteiger partial charge in [0.1, 0.15) is 13.2 Å². The molecule has 0 unspecified atom stereocenters. The van der Waals surface area contributed by atoms with Gasteiger partial charge >= 0.3 is 0 Å². The van der Waals surface area contributed by atoms with Gasteiger partial charge in [0, 0.05) is 38.1 Å². The SMILES string of the molecule is Cc1cc2c(cc1CN1C[C@H]3CC[C@@H]1CN(C(=O)C1CCC1)C3)OCCO2. The molecule has 3 saturated heterocycles. The summed E-state index contributed by atoms with van der Waals surface area (Å²) in [5.74, 6) is 3.11. The fraction of sp³-hybridized carbons (Fsp3) is 0.682. The minimum atomic E-state index is 0.316. The normalized spacial score (nSPS) is 28.0. The van der Waals surface area contributed by atoms with Gasteiger partial charge in [0.05, 0.1) is 0 Å². The molecule has 1 aromatic rings. The minimum absolute atomic E-state index is 0.316. The second kappa shape index (κ2) is 7.01. The van der Waals surface area contributed by atoms with Gasteiger partial charge in [-0.1, -0.05) is 6.42 Å². The van der Waals surface area contributed by atoms with Crippen molar-refractivity contribution in [2.24, 2.45) is 11.8 Å². The van der Waals surface area contributed by atoms with Crippen molar-refractivity contribution < 1.29 is 14.3 Å². The van der Waals surface area contributed by atoms with Crippen LogP contribution in [0.25, 0.3) is 0 Å². The molecule has 0 radical (unpaired) electrons. The van der Waals surface area contributed by atoms with E-state index in [9.17, 15) is 4.79 Å². The smallest absolute Gasteiger partial charge is 0.225 e. The van der Waals surface area contributed by atoms with Crippen LogP contribution in [0.1, 0.15) is 43.2 Å². The Bertz CT molecular complexity index is 731. The first kappa shape index (κ1) is 17.4. The molecule has 1 aliphatic carbocycles. The van der Waals surface area contributed by atoms with Crippen molar-refractivity contribution in [2.45, 2.75) is 51.6 Å². The molecule has 0 spiro atoms. The zero-order valence-electron chi connectivity index (χ0n) is 16.3. The van der Waals surface area contributed by atoms with Crippen LogP contribution in [0.4, 0.5) is 0 Å². The summed E-state index contributed by atoms with van der Waals surface area (Å²) in [6.07, 6.45) is 5.90. The molecular formula is C22H30N2O3. The van der Waals surface area contributed by atoms with E-state index in [1.165, 1.54) is 30.4 Å². The molecule has 4 aliphatic heterocycles. The number of fused-ring (bicyclic) bond motifs is 5. The Hall–Kier alpha value is -1.75. The highest BCUT2D eigenvalue weighted by Crippen LogP contribution is 2.36. The summed E-state index contributed by atoms with van der Waals surface area (Å²) in [5, 5.41) is 0. The number of piperidine rings is 1. The maximum absolute atomic E-state index is 12.8. The largest absolute Gasteiger partial charge is 0.486 e. The van der Waals surface area contributed by atoms with Crippen molar-refractivity contribution in [1.82, 2.24) is 9.80 Å². The number of amides is 1. The third kappa shape index (κ3) is 3.31. The lowest BCUT2D eigenvalue weighted by Crippen LogP contribution is -2.45. The Labute approximate surface area is 161 Å². The molecule has 4 fully saturated rings. The first-order valence-electron chi connectivity index (χ1n) is 10.6. The van der Waals surface area contributed by atoms with Crippen molar-refractivity contribution in [3.8, 4) is 11.5 Å². The second-order valence-corrected chi connectivity index (χ2v) is 8.82. The number of carbonyl (C=O) groups excluding carboxylic acids is 1. The standard InChI is InChI=1S/C22H30N2O3/c1-15-9-20-21(27-8-7-26-20)10-18(15)13-23-11-16-5-6-19(23)14-24(12-16)22(25)17-3-2-4-17/h9-10,16-17,19H,2-8,11-14H2,1H3/t16-,19-/m1/s1. The van der Waals surface area contributed by atoms with Crippen LogP contribution in [0.3, 0.4) is 0 Å². The summed E-state index contributed by atoms with van der Waals surface area (Å²) in [6, 6.07) is 4.77. The van der Waals surface area contributed by atoms with Crippen molar-refractivity contribution in [3.63, 3.8) is 0 Å². The van der Waals surface area contributed by atoms with Crippen LogP contribution < -0.4 is 9.47 Å². The third-order valence-corrected chi connectivity index (χ3v) is 6.97. The Morgan fingerprint density at radius 3 is 2.56 bits per heavy atom. The molecule has 4 heterocycles. The second-order valence-electron chi connectivity index (χ2n) is 8.82. The number of nitrogens with zero attached hydrogens (tertiary/aromatic N) is 2. The number of rotatable bonds is 3. The van der Waals surface area contributed by atoms with E-state index < -0.39 is 0 Å². The van der Waals surface area contributed by atoms with Crippen LogP contribution in [-0.2, 0) is 11.3 Å². The van der Waals surface area contributed by atoms with E-state index in [1.807, 2.05) is 0 Å². The molecule has 2 bridgehead atoms. The van der Waals surface area contributed by atoms with E-state index in [1.54, 1.807) is 0 Å². The highest BCUT2D eigenvalue weighted by atomic mass is 16.6. The van der Waals surface area contributed by atoms with Gasteiger partial charge in [-0.25, -0.2) is 0 Å². The van der Waals surface area contributed by atoms with Crippen LogP contribution >= 0.6 is 0 Å². The van der Waals surface area contributed by atoms with Crippen molar-refractivity contribution in [2.75, 3.05) is 32.8 Å². The summed E-state index contributed by atoms with van der Waals surface area (Å²) in [6.45, 7) is 7.34. The number of aryl methyl sites for hydroxylation is 1. The average molecular weight is 370 g/mol. The lowest BCUT2D eigenvalue weighted by atomic mass is 9.84. The molecule has 146 valence electrons. The number of carbonyl (C=O) groups is 1. The van der Waals surface area contributed by atoms with Gasteiger partial charge in [-0.05, 0) is 61.8 Å². The average Bonchev–Trinajstić information content (AvgIpc) is 2.93. The van der Waals surface area contributed by atoms with Crippen molar-refractivity contribution in [3.05, 3.63) is 23.3 Å². The molecular weight excluding hydrogens is 340 g/mol. The number of hydrogen-bond acceptors (Lipinski definition) is 4. The predicted octanol–water partition coefficient (Wildman–Crippen LogP) is 2.99. The number of hydrogen-bond donors (Lipinski definition) is 0. The topological polar surface area (TPSA) is 42.0 Å². The fourth-order valence-corrected chi connectivity index (χ4v) is 5.09. The van der Waals surface area contributed by atoms with Gasteiger partial charge in [-0.2, -0.15) is 0 Å². The third-order valence-electron chi connectivity index (χ3n) is 6.97. The van der Waals surface area contributed by atoms with Crippen LogP contribution in [0.5, 0.6) is 11.5 Å². The van der Waals surface area contributed by atoms with E-state index in [0.29, 0.717) is 37.0 Å². The molecule has 2 atom stereocenters. The first-order chi connectivity index (χ1) is 13.2. The molecule has 1 aromatic carbocycles. The Kier molecular flexibility index (Phi) is 4.50. The quantitative estimate of drug-likeness (QED) is 0.820. The van der Waals surface area contributed by atoms with Gasteiger partial charge < -0.3 is 14.4 Å². The van der Waals surface area contributed by atoms with Gasteiger partial charge in [-0.3, -0.25) is 9.69 Å². The van der Waals surface area contributed by atoms with E-state index in [4.69, 9.17) is 9.47 Å². The fourth-order valence-electron chi connectivity index (χ4n) is 5.09. The Balaban J connectivity index is 1.32. The summed E-state index contributed by atoms with van der Waals surface area (Å²) in [4.78, 5) is 17.6. The molecule has 5 aliphatic rings. The van der Waals surface area contributed by atoms with E-state index in [0.717, 1.165) is 50.5 Å². The first-order valence-corrected chi connectivity index (χ1v) is 10.6. The highest BCUT2D eigenvalue weighted by molar-refractivity contribution is 5.79. The van der Waals surface area contributed by atoms with Gasteiger partial charge in [0.25, 0.3) is 0 Å². The van der Waals surface area contributed by atoms with Crippen molar-refractivity contribution in [1.29, 1.82) is 0 Å². The van der Waals surface area contributed by atoms with Gasteiger partial charge in [-0.15, -0.1) is 0 Å². The molecule has 6 rings (SSSR count). The van der Waals surface area contributed by atoms with E-state index in [2.05, 4.69) is 28.9 Å². The number of benzene rings is 1. The highest BCUT2D eigenvalue weighted by Gasteiger charge is 2.39. The molecule has 1 saturated carbocycles. The Morgan fingerprint density at radius 1 is 1.04 bits per heavy atom. The monoisotopic (exact) mass is 370 g/mol. The Morgan fingerprint density at radius 2 is 1.81 bits per heavy atom. The summed E-state index contributed by atoms with van der Waals surface area (Å²) >= 11 is 0. The molecule has 5 heteroatoms. The molecule has 27 heavy (non-hydrogen) atoms. The van der Waals surface area contributed by atoms with E-state index in [-0.39, 0.29) is 0 Å². The maximum atomic E-state index is 12.8. The molecule has 0 aromatic heterocycles. The summed E-state index contributed by atoms with van der Waals surface area (Å²) in [7, 11) is 0. The molecule has 1 amide bonds. The van der Waals surface area contributed by atoms with Crippen LogP contribution in [-0.4, -0.2) is 54.6 Å². The number of ether oxygens (including phenoxy) is 2. The zero-order chi connectivity index (χ0) is 18.4. The predicted molar refractivity (Wildman–Crippen MR) is 103 cm³/mol.